The van der Waals surface area contributed by atoms with E-state index in [2.05, 4.69) is 71.4 Å². The molecule has 2 N–H and O–H groups in total. The zero-order valence-electron chi connectivity index (χ0n) is 25.3. The van der Waals surface area contributed by atoms with Crippen molar-refractivity contribution in [2.24, 2.45) is 11.7 Å². The Morgan fingerprint density at radius 1 is 0.917 bits per heavy atom. The average Bonchev–Trinajstić information content (AvgIpc) is 2.93. The first-order chi connectivity index (χ1) is 17.4. The van der Waals surface area contributed by atoms with Crippen LogP contribution in [-0.4, -0.2) is 6.04 Å². The molecule has 0 spiro atoms. The molecule has 36 heavy (non-hydrogen) atoms. The summed E-state index contributed by atoms with van der Waals surface area (Å²) in [5.74, 6) is 0.962. The van der Waals surface area contributed by atoms with Gasteiger partial charge in [0.2, 0.25) is 0 Å². The van der Waals surface area contributed by atoms with Crippen LogP contribution in [0.5, 0.6) is 0 Å². The Morgan fingerprint density at radius 3 is 1.81 bits per heavy atom. The Hall–Kier alpha value is -1.86. The average molecular weight is 498 g/mol. The monoisotopic (exact) mass is 497 g/mol. The molecule has 2 aliphatic rings. The molecular weight excluding hydrogens is 434 g/mol. The number of allylic oxidation sites excluding steroid dienone is 10. The van der Waals surface area contributed by atoms with Crippen LogP contribution in [-0.2, 0) is 0 Å². The molecule has 2 aliphatic carbocycles. The van der Waals surface area contributed by atoms with Crippen molar-refractivity contribution >= 4 is 0 Å². The fraction of sp³-hybridized carbons (Fsp3) is 0.600. The van der Waals surface area contributed by atoms with Gasteiger partial charge in [-0.05, 0) is 70.3 Å². The van der Waals surface area contributed by atoms with E-state index in [1.165, 1.54) is 80.9 Å². The summed E-state index contributed by atoms with van der Waals surface area (Å²) in [4.78, 5) is 0. The maximum absolute atomic E-state index is 5.38. The predicted molar refractivity (Wildman–Crippen MR) is 171 cm³/mol. The highest BCUT2D eigenvalue weighted by Crippen LogP contribution is 2.28. The first-order valence-electron chi connectivity index (χ1n) is 14.7. The highest BCUT2D eigenvalue weighted by Gasteiger charge is 2.12. The van der Waals surface area contributed by atoms with Crippen LogP contribution in [0.2, 0.25) is 0 Å². The van der Waals surface area contributed by atoms with E-state index in [-0.39, 0.29) is 0 Å². The topological polar surface area (TPSA) is 26.0 Å². The first-order valence-corrected chi connectivity index (χ1v) is 14.7. The van der Waals surface area contributed by atoms with E-state index in [1.807, 2.05) is 39.0 Å². The molecule has 1 nitrogen and oxygen atoms in total. The van der Waals surface area contributed by atoms with Crippen molar-refractivity contribution in [1.82, 2.24) is 0 Å². The van der Waals surface area contributed by atoms with E-state index in [4.69, 9.17) is 5.73 Å². The van der Waals surface area contributed by atoms with E-state index in [1.54, 1.807) is 0 Å². The van der Waals surface area contributed by atoms with Crippen LogP contribution in [0.15, 0.2) is 85.6 Å². The van der Waals surface area contributed by atoms with Crippen molar-refractivity contribution < 1.29 is 0 Å². The summed E-state index contributed by atoms with van der Waals surface area (Å²) < 4.78 is 0. The van der Waals surface area contributed by atoms with Crippen molar-refractivity contribution in [3.05, 3.63) is 85.6 Å². The molecule has 2 rings (SSSR count). The SMILES string of the molecule is C=C(CC)/C(C)=C/C.C=CC/C=C\C=C(/C=C)CCC1CCCCC1.C=CCC.CC.NC1CCC1. The minimum absolute atomic E-state index is 0.565. The Kier molecular flexibility index (Phi) is 33.5. The van der Waals surface area contributed by atoms with Crippen LogP contribution in [0.4, 0.5) is 0 Å². The Balaban J connectivity index is -0.000000472. The first kappa shape index (κ1) is 38.7. The molecule has 1 heteroatoms. The molecule has 0 heterocycles. The second kappa shape index (κ2) is 31.2. The van der Waals surface area contributed by atoms with Gasteiger partial charge < -0.3 is 5.73 Å². The van der Waals surface area contributed by atoms with Crippen molar-refractivity contribution in [2.45, 2.75) is 131 Å². The summed E-state index contributed by atoms with van der Waals surface area (Å²) in [5, 5.41) is 0. The lowest BCUT2D eigenvalue weighted by Gasteiger charge is -2.21. The zero-order valence-corrected chi connectivity index (χ0v) is 25.3. The second-order valence-electron chi connectivity index (χ2n) is 9.26. The van der Waals surface area contributed by atoms with Gasteiger partial charge in [-0.3, -0.25) is 0 Å². The van der Waals surface area contributed by atoms with Gasteiger partial charge in [-0.2, -0.15) is 0 Å². The number of hydrogen-bond acceptors (Lipinski definition) is 1. The molecule has 0 aromatic heterocycles. The van der Waals surface area contributed by atoms with Gasteiger partial charge in [-0.25, -0.2) is 0 Å². The van der Waals surface area contributed by atoms with E-state index >= 15 is 0 Å². The van der Waals surface area contributed by atoms with Gasteiger partial charge >= 0.3 is 0 Å². The summed E-state index contributed by atoms with van der Waals surface area (Å²) in [5.41, 5.74) is 9.31. The molecule has 0 bridgehead atoms. The fourth-order valence-corrected chi connectivity index (χ4v) is 3.39. The van der Waals surface area contributed by atoms with Gasteiger partial charge in [-0.15, -0.1) is 13.2 Å². The van der Waals surface area contributed by atoms with Gasteiger partial charge in [0, 0.05) is 6.04 Å². The van der Waals surface area contributed by atoms with Gasteiger partial charge in [0.25, 0.3) is 0 Å². The minimum atomic E-state index is 0.565. The van der Waals surface area contributed by atoms with Crippen molar-refractivity contribution in [2.75, 3.05) is 0 Å². The van der Waals surface area contributed by atoms with Crippen LogP contribution >= 0.6 is 0 Å². The molecule has 0 saturated heterocycles. The third-order valence-corrected chi connectivity index (χ3v) is 6.43. The normalized spacial score (nSPS) is 15.8. The van der Waals surface area contributed by atoms with Gasteiger partial charge in [-0.1, -0.05) is 133 Å². The molecule has 0 amide bonds. The quantitative estimate of drug-likeness (QED) is 0.236. The summed E-state index contributed by atoms with van der Waals surface area (Å²) in [6.45, 7) is 27.3. The number of hydrogen-bond donors (Lipinski definition) is 1. The summed E-state index contributed by atoms with van der Waals surface area (Å²) in [6.07, 6.45) is 31.1. The molecular formula is C35H63N. The molecule has 2 saturated carbocycles. The van der Waals surface area contributed by atoms with E-state index in [9.17, 15) is 0 Å². The molecule has 0 atom stereocenters. The Bertz CT molecular complexity index is 607. The van der Waals surface area contributed by atoms with E-state index in [0.29, 0.717) is 6.04 Å². The van der Waals surface area contributed by atoms with Crippen LogP contribution in [0, 0.1) is 5.92 Å². The van der Waals surface area contributed by atoms with Crippen LogP contribution in [0.25, 0.3) is 0 Å². The minimum Gasteiger partial charge on any atom is -0.328 e. The lowest BCUT2D eigenvalue weighted by atomic mass is 9.85. The molecule has 0 aromatic carbocycles. The van der Waals surface area contributed by atoms with Gasteiger partial charge in [0.1, 0.15) is 0 Å². The summed E-state index contributed by atoms with van der Waals surface area (Å²) in [7, 11) is 0. The van der Waals surface area contributed by atoms with Crippen LogP contribution < -0.4 is 5.73 Å². The van der Waals surface area contributed by atoms with Gasteiger partial charge in [0.05, 0.1) is 0 Å². The zero-order chi connectivity index (χ0) is 28.0. The largest absolute Gasteiger partial charge is 0.328 e. The lowest BCUT2D eigenvalue weighted by molar-refractivity contribution is 0.339. The summed E-state index contributed by atoms with van der Waals surface area (Å²) >= 11 is 0. The molecule has 0 aromatic rings. The van der Waals surface area contributed by atoms with E-state index in [0.717, 1.165) is 25.2 Å². The second-order valence-corrected chi connectivity index (χ2v) is 9.26. The fourth-order valence-electron chi connectivity index (χ4n) is 3.39. The molecule has 0 unspecified atom stereocenters. The standard InChI is InChI=1S/C17H26.C8H14.C4H9N.C4H8.C2H6/c1-3-5-6-8-11-16(4-2)14-15-17-12-9-7-10-13-17;1-5-7(3)8(4)6-2;5-4-2-1-3-4;1-3-4-2;1-2/h3-4,6,8,11,17H,1-2,5,7,9-10,12-15H2;6H,3,5H2,1-2,4H3;4H,1-3,5H2;3H,1,4H2,2H3;1-2H3/b8-6-,16-11+;8-6+;;;. The smallest absolute Gasteiger partial charge is 0.00388 e. The van der Waals surface area contributed by atoms with Crippen molar-refractivity contribution in [1.29, 1.82) is 0 Å². The lowest BCUT2D eigenvalue weighted by Crippen LogP contribution is -2.27. The molecule has 208 valence electrons. The third-order valence-electron chi connectivity index (χ3n) is 6.43. The Morgan fingerprint density at radius 2 is 1.47 bits per heavy atom. The maximum Gasteiger partial charge on any atom is 0.00388 e. The summed E-state index contributed by atoms with van der Waals surface area (Å²) in [6, 6.07) is 0.565. The van der Waals surface area contributed by atoms with Crippen molar-refractivity contribution in [3.8, 4) is 0 Å². The third kappa shape index (κ3) is 26.7. The highest BCUT2D eigenvalue weighted by atomic mass is 14.6. The number of rotatable bonds is 10. The molecule has 0 aliphatic heterocycles. The van der Waals surface area contributed by atoms with Gasteiger partial charge in [0.15, 0.2) is 0 Å². The van der Waals surface area contributed by atoms with E-state index < -0.39 is 0 Å². The van der Waals surface area contributed by atoms with Crippen LogP contribution in [0.3, 0.4) is 0 Å². The maximum atomic E-state index is 5.38. The van der Waals surface area contributed by atoms with Crippen molar-refractivity contribution in [3.63, 3.8) is 0 Å². The predicted octanol–water partition coefficient (Wildman–Crippen LogP) is 11.6. The highest BCUT2D eigenvalue weighted by molar-refractivity contribution is 5.24. The molecule has 0 radical (unpaired) electrons. The Labute approximate surface area is 228 Å². The molecule has 2 fully saturated rings. The number of nitrogens with two attached hydrogens (primary N) is 1. The van der Waals surface area contributed by atoms with Crippen LogP contribution in [0.1, 0.15) is 125 Å².